The highest BCUT2D eigenvalue weighted by Gasteiger charge is 2.31. The van der Waals surface area contributed by atoms with Gasteiger partial charge in [0.15, 0.2) is 5.84 Å². The molecule has 1 heterocycles. The number of benzene rings is 2. The lowest BCUT2D eigenvalue weighted by Crippen LogP contribution is -2.28. The van der Waals surface area contributed by atoms with Crippen LogP contribution in [0.15, 0.2) is 56.9 Å². The number of phenols is 1. The van der Waals surface area contributed by atoms with Gasteiger partial charge < -0.3 is 10.2 Å². The number of phenolic OH excluding ortho intramolecular Hbond substituents is 1. The minimum Gasteiger partial charge on any atom is -0.507 e. The first-order valence-corrected chi connectivity index (χ1v) is 9.09. The van der Waals surface area contributed by atoms with E-state index >= 15 is 0 Å². The Bertz CT molecular complexity index is 973. The van der Waals surface area contributed by atoms with Gasteiger partial charge >= 0.3 is 0 Å². The highest BCUT2D eigenvalue weighted by Crippen LogP contribution is 2.27. The molecule has 1 aliphatic heterocycles. The second kappa shape index (κ2) is 6.83. The summed E-state index contributed by atoms with van der Waals surface area (Å²) >= 11 is 5.90. The minimum atomic E-state index is -3.80. The van der Waals surface area contributed by atoms with Gasteiger partial charge in [-0.2, -0.15) is 13.5 Å². The summed E-state index contributed by atoms with van der Waals surface area (Å²) in [5, 5.41) is 25.0. The molecule has 2 N–H and O–H groups in total. The van der Waals surface area contributed by atoms with Crippen LogP contribution in [0, 0.1) is 0 Å². The first kappa shape index (κ1) is 17.4. The maximum atomic E-state index is 12.2. The Morgan fingerprint density at radius 3 is 2.76 bits per heavy atom. The van der Waals surface area contributed by atoms with Crippen molar-refractivity contribution in [2.45, 2.75) is 4.90 Å². The molecule has 0 unspecified atom stereocenters. The van der Waals surface area contributed by atoms with Crippen molar-refractivity contribution in [3.8, 4) is 5.75 Å². The predicted octanol–water partition coefficient (Wildman–Crippen LogP) is 1.82. The molecule has 0 saturated carbocycles. The average Bonchev–Trinajstić information content (AvgIpc) is 2.86. The number of hydrogen-bond acceptors (Lipinski definition) is 6. The molecule has 2 aromatic carbocycles. The molecule has 1 aliphatic rings. The van der Waals surface area contributed by atoms with Crippen molar-refractivity contribution >= 4 is 33.7 Å². The highest BCUT2D eigenvalue weighted by molar-refractivity contribution is 7.90. The standard InChI is InChI=1S/C16H14ClN3O4S/c17-12-5-6-14(22)11(9-12)10-18-20(7-8-21)16-13-3-1-2-4-15(13)25(23,24)19-16/h1-6,9-10,21-22H,7-8H2/b18-10-. The fourth-order valence-electron chi connectivity index (χ4n) is 2.35. The molecule has 2 aromatic rings. The van der Waals surface area contributed by atoms with E-state index in [1.54, 1.807) is 18.2 Å². The van der Waals surface area contributed by atoms with E-state index in [9.17, 15) is 18.6 Å². The van der Waals surface area contributed by atoms with E-state index in [2.05, 4.69) is 9.50 Å². The van der Waals surface area contributed by atoms with Crippen LogP contribution in [-0.2, 0) is 10.0 Å². The molecule has 0 radical (unpaired) electrons. The molecule has 0 bridgehead atoms. The second-order valence-corrected chi connectivity index (χ2v) is 7.19. The Morgan fingerprint density at radius 2 is 2.00 bits per heavy atom. The SMILES string of the molecule is O=S1(=O)N=C(N(CCO)/N=C\c2cc(Cl)ccc2O)c2ccccc21. The molecule has 7 nitrogen and oxygen atoms in total. The van der Waals surface area contributed by atoms with Gasteiger partial charge in [0.05, 0.1) is 19.4 Å². The molecule has 0 fully saturated rings. The number of hydrazone groups is 1. The van der Waals surface area contributed by atoms with Crippen LogP contribution in [0.1, 0.15) is 11.1 Å². The van der Waals surface area contributed by atoms with Crippen LogP contribution in [0.4, 0.5) is 0 Å². The number of aliphatic hydroxyl groups is 1. The lowest BCUT2D eigenvalue weighted by atomic mass is 10.2. The molecule has 25 heavy (non-hydrogen) atoms. The molecular weight excluding hydrogens is 366 g/mol. The summed E-state index contributed by atoms with van der Waals surface area (Å²) in [5.74, 6) is 0.0842. The molecule has 0 saturated heterocycles. The number of aromatic hydroxyl groups is 1. The molecule has 0 aromatic heterocycles. The summed E-state index contributed by atoms with van der Waals surface area (Å²) < 4.78 is 28.1. The van der Waals surface area contributed by atoms with Crippen LogP contribution in [0.5, 0.6) is 5.75 Å². The zero-order chi connectivity index (χ0) is 18.0. The summed E-state index contributed by atoms with van der Waals surface area (Å²) in [4.78, 5) is 0.0914. The fraction of sp³-hybridized carbons (Fsp3) is 0.125. The minimum absolute atomic E-state index is 0.0283. The normalized spacial score (nSPS) is 15.2. The maximum Gasteiger partial charge on any atom is 0.285 e. The third-order valence-electron chi connectivity index (χ3n) is 3.49. The summed E-state index contributed by atoms with van der Waals surface area (Å²) in [5.41, 5.74) is 0.758. The summed E-state index contributed by atoms with van der Waals surface area (Å²) in [6.07, 6.45) is 1.33. The number of halogens is 1. The topological polar surface area (TPSA) is 103 Å². The predicted molar refractivity (Wildman–Crippen MR) is 94.7 cm³/mol. The lowest BCUT2D eigenvalue weighted by Gasteiger charge is -2.17. The van der Waals surface area contributed by atoms with Crippen LogP contribution >= 0.6 is 11.6 Å². The van der Waals surface area contributed by atoms with Crippen LogP contribution in [0.25, 0.3) is 0 Å². The Hall–Kier alpha value is -2.42. The van der Waals surface area contributed by atoms with Gasteiger partial charge in [-0.05, 0) is 30.3 Å². The van der Waals surface area contributed by atoms with Gasteiger partial charge in [-0.1, -0.05) is 23.7 Å². The van der Waals surface area contributed by atoms with E-state index in [4.69, 9.17) is 11.6 Å². The van der Waals surface area contributed by atoms with Gasteiger partial charge in [0, 0.05) is 16.1 Å². The van der Waals surface area contributed by atoms with Crippen molar-refractivity contribution in [1.82, 2.24) is 5.01 Å². The van der Waals surface area contributed by atoms with E-state index < -0.39 is 10.0 Å². The Kier molecular flexibility index (Phi) is 4.76. The number of fused-ring (bicyclic) bond motifs is 1. The molecule has 0 spiro atoms. The van der Waals surface area contributed by atoms with Gasteiger partial charge in [-0.3, -0.25) is 0 Å². The molecule has 9 heteroatoms. The Labute approximate surface area is 149 Å². The maximum absolute atomic E-state index is 12.2. The van der Waals surface area contributed by atoms with Crippen LogP contribution in [0.2, 0.25) is 5.02 Å². The van der Waals surface area contributed by atoms with Crippen molar-refractivity contribution in [3.63, 3.8) is 0 Å². The number of rotatable bonds is 4. The van der Waals surface area contributed by atoms with Gasteiger partial charge in [-0.25, -0.2) is 5.01 Å². The first-order valence-electron chi connectivity index (χ1n) is 7.27. The zero-order valence-electron chi connectivity index (χ0n) is 12.9. The first-order chi connectivity index (χ1) is 11.9. The lowest BCUT2D eigenvalue weighted by molar-refractivity contribution is 0.254. The van der Waals surface area contributed by atoms with Crippen molar-refractivity contribution < 1.29 is 18.6 Å². The molecular formula is C16H14ClN3O4S. The summed E-state index contributed by atoms with van der Waals surface area (Å²) in [6.45, 7) is -0.235. The van der Waals surface area contributed by atoms with E-state index in [-0.39, 0.29) is 29.6 Å². The van der Waals surface area contributed by atoms with E-state index in [0.29, 0.717) is 16.1 Å². The molecule has 0 amide bonds. The molecule has 130 valence electrons. The monoisotopic (exact) mass is 379 g/mol. The van der Waals surface area contributed by atoms with Crippen molar-refractivity contribution in [2.24, 2.45) is 9.50 Å². The Balaban J connectivity index is 2.00. The van der Waals surface area contributed by atoms with Gasteiger partial charge in [0.2, 0.25) is 0 Å². The zero-order valence-corrected chi connectivity index (χ0v) is 14.4. The number of sulfonamides is 1. The third-order valence-corrected chi connectivity index (χ3v) is 5.05. The van der Waals surface area contributed by atoms with Crippen LogP contribution < -0.4 is 0 Å². The molecule has 0 aliphatic carbocycles. The summed E-state index contributed by atoms with van der Waals surface area (Å²) in [6, 6.07) is 10.9. The Morgan fingerprint density at radius 1 is 1.24 bits per heavy atom. The fourth-order valence-corrected chi connectivity index (χ4v) is 3.74. The van der Waals surface area contributed by atoms with Crippen LogP contribution in [-0.4, -0.2) is 48.8 Å². The van der Waals surface area contributed by atoms with Crippen molar-refractivity contribution in [1.29, 1.82) is 0 Å². The number of amidine groups is 1. The van der Waals surface area contributed by atoms with Crippen LogP contribution in [0.3, 0.4) is 0 Å². The van der Waals surface area contributed by atoms with Crippen molar-refractivity contribution in [2.75, 3.05) is 13.2 Å². The van der Waals surface area contributed by atoms with Gasteiger partial charge in [-0.15, -0.1) is 4.40 Å². The van der Waals surface area contributed by atoms with E-state index in [0.717, 1.165) is 0 Å². The number of aliphatic hydroxyl groups excluding tert-OH is 1. The highest BCUT2D eigenvalue weighted by atomic mass is 35.5. The quantitative estimate of drug-likeness (QED) is 0.623. The van der Waals surface area contributed by atoms with Gasteiger partial charge in [0.1, 0.15) is 10.6 Å². The van der Waals surface area contributed by atoms with E-state index in [1.807, 2.05) is 0 Å². The number of hydrogen-bond donors (Lipinski definition) is 2. The summed E-state index contributed by atoms with van der Waals surface area (Å²) in [7, 11) is -3.80. The van der Waals surface area contributed by atoms with Crippen molar-refractivity contribution in [3.05, 3.63) is 58.6 Å². The van der Waals surface area contributed by atoms with E-state index in [1.165, 1.54) is 35.5 Å². The smallest absolute Gasteiger partial charge is 0.285 e. The average molecular weight is 380 g/mol. The number of nitrogens with zero attached hydrogens (tertiary/aromatic N) is 3. The molecule has 0 atom stereocenters. The largest absolute Gasteiger partial charge is 0.507 e. The second-order valence-electron chi connectivity index (χ2n) is 5.18. The third kappa shape index (κ3) is 3.51. The van der Waals surface area contributed by atoms with Gasteiger partial charge in [0.25, 0.3) is 10.0 Å². The molecule has 3 rings (SSSR count).